The number of nitrogens with one attached hydrogen (secondary N) is 2. The second kappa shape index (κ2) is 10.5. The van der Waals surface area contributed by atoms with Crippen LogP contribution in [0.2, 0.25) is 5.02 Å². The van der Waals surface area contributed by atoms with Gasteiger partial charge in [0.25, 0.3) is 0 Å². The molecule has 3 aromatic rings. The molecule has 8 nitrogen and oxygen atoms in total. The lowest BCUT2D eigenvalue weighted by Gasteiger charge is -2.14. The molecule has 3 rings (SSSR count). The van der Waals surface area contributed by atoms with Crippen molar-refractivity contribution in [2.24, 2.45) is 4.99 Å². The summed E-state index contributed by atoms with van der Waals surface area (Å²) in [4.78, 5) is 8.65. The number of rotatable bonds is 8. The standard InChI is InChI=1S/C21H24ClN5O3/c1-23-21(25-13-15-6-9-17(28-2)12-18(15)29-3)24-11-10-19-26-20(27-30-19)14-4-7-16(22)8-5-14/h4-9,12H,10-11,13H2,1-3H3,(H2,23,24,25). The zero-order valence-electron chi connectivity index (χ0n) is 17.1. The Morgan fingerprint density at radius 3 is 2.60 bits per heavy atom. The fraction of sp³-hybridized carbons (Fsp3) is 0.286. The second-order valence-corrected chi connectivity index (χ2v) is 6.74. The number of hydrogen-bond donors (Lipinski definition) is 2. The lowest BCUT2D eigenvalue weighted by atomic mass is 10.2. The summed E-state index contributed by atoms with van der Waals surface area (Å²) in [5.74, 6) is 3.23. The molecule has 0 fully saturated rings. The van der Waals surface area contributed by atoms with Crippen LogP contribution in [0.25, 0.3) is 11.4 Å². The van der Waals surface area contributed by atoms with E-state index in [0.717, 1.165) is 22.6 Å². The molecule has 9 heteroatoms. The fourth-order valence-corrected chi connectivity index (χ4v) is 2.88. The van der Waals surface area contributed by atoms with Crippen molar-refractivity contribution in [2.75, 3.05) is 27.8 Å². The molecule has 0 unspecified atom stereocenters. The first kappa shape index (κ1) is 21.4. The van der Waals surface area contributed by atoms with Gasteiger partial charge in [0.1, 0.15) is 11.5 Å². The Bertz CT molecular complexity index is 989. The van der Waals surface area contributed by atoms with Crippen molar-refractivity contribution in [3.63, 3.8) is 0 Å². The number of ether oxygens (including phenoxy) is 2. The van der Waals surface area contributed by atoms with E-state index >= 15 is 0 Å². The molecule has 2 aromatic carbocycles. The van der Waals surface area contributed by atoms with E-state index in [1.165, 1.54) is 0 Å². The smallest absolute Gasteiger partial charge is 0.228 e. The largest absolute Gasteiger partial charge is 0.497 e. The van der Waals surface area contributed by atoms with E-state index in [2.05, 4.69) is 25.8 Å². The van der Waals surface area contributed by atoms with E-state index in [9.17, 15) is 0 Å². The highest BCUT2D eigenvalue weighted by atomic mass is 35.5. The molecule has 30 heavy (non-hydrogen) atoms. The van der Waals surface area contributed by atoms with Crippen LogP contribution in [0.5, 0.6) is 11.5 Å². The minimum atomic E-state index is 0.538. The van der Waals surface area contributed by atoms with Crippen molar-refractivity contribution in [2.45, 2.75) is 13.0 Å². The minimum absolute atomic E-state index is 0.538. The van der Waals surface area contributed by atoms with Gasteiger partial charge < -0.3 is 24.6 Å². The third kappa shape index (κ3) is 5.64. The SMILES string of the molecule is CN=C(NCCc1nc(-c2ccc(Cl)cc2)no1)NCc1ccc(OC)cc1OC. The molecule has 0 saturated carbocycles. The van der Waals surface area contributed by atoms with Gasteiger partial charge in [-0.05, 0) is 36.4 Å². The Morgan fingerprint density at radius 1 is 1.10 bits per heavy atom. The molecule has 0 aliphatic heterocycles. The normalized spacial score (nSPS) is 11.3. The Morgan fingerprint density at radius 2 is 1.90 bits per heavy atom. The van der Waals surface area contributed by atoms with Crippen molar-refractivity contribution in [3.05, 3.63) is 58.9 Å². The average molecular weight is 430 g/mol. The number of aliphatic imine (C=N–C) groups is 1. The molecular weight excluding hydrogens is 406 g/mol. The van der Waals surface area contributed by atoms with Crippen molar-refractivity contribution < 1.29 is 14.0 Å². The maximum absolute atomic E-state index is 5.91. The van der Waals surface area contributed by atoms with E-state index in [0.29, 0.717) is 42.2 Å². The first-order valence-electron chi connectivity index (χ1n) is 9.37. The van der Waals surface area contributed by atoms with Gasteiger partial charge in [-0.1, -0.05) is 16.8 Å². The summed E-state index contributed by atoms with van der Waals surface area (Å²) >= 11 is 5.91. The lowest BCUT2D eigenvalue weighted by molar-refractivity contribution is 0.378. The van der Waals surface area contributed by atoms with Gasteiger partial charge in [-0.15, -0.1) is 0 Å². The first-order chi connectivity index (χ1) is 14.6. The van der Waals surface area contributed by atoms with Crippen LogP contribution in [-0.4, -0.2) is 43.9 Å². The molecule has 0 amide bonds. The molecule has 0 saturated heterocycles. The van der Waals surface area contributed by atoms with Crippen molar-refractivity contribution in [1.82, 2.24) is 20.8 Å². The predicted octanol–water partition coefficient (Wildman–Crippen LogP) is 3.31. The highest BCUT2D eigenvalue weighted by Crippen LogP contribution is 2.24. The zero-order valence-corrected chi connectivity index (χ0v) is 17.9. The van der Waals surface area contributed by atoms with Crippen LogP contribution in [-0.2, 0) is 13.0 Å². The van der Waals surface area contributed by atoms with Crippen molar-refractivity contribution >= 4 is 17.6 Å². The molecule has 1 aromatic heterocycles. The van der Waals surface area contributed by atoms with Crippen molar-refractivity contribution in [3.8, 4) is 22.9 Å². The number of nitrogens with zero attached hydrogens (tertiary/aromatic N) is 3. The summed E-state index contributed by atoms with van der Waals surface area (Å²) in [6.45, 7) is 1.13. The van der Waals surface area contributed by atoms with Gasteiger partial charge in [0.2, 0.25) is 11.7 Å². The highest BCUT2D eigenvalue weighted by molar-refractivity contribution is 6.30. The Hall–Kier alpha value is -3.26. The van der Waals surface area contributed by atoms with Crippen LogP contribution in [0.4, 0.5) is 0 Å². The number of benzene rings is 2. The number of methoxy groups -OCH3 is 2. The summed E-state index contributed by atoms with van der Waals surface area (Å²) in [5, 5.41) is 11.2. The molecular formula is C21H24ClN5O3. The summed E-state index contributed by atoms with van der Waals surface area (Å²) < 4.78 is 16.0. The predicted molar refractivity (Wildman–Crippen MR) is 116 cm³/mol. The summed E-state index contributed by atoms with van der Waals surface area (Å²) in [6.07, 6.45) is 0.563. The maximum atomic E-state index is 5.91. The van der Waals surface area contributed by atoms with E-state index in [1.807, 2.05) is 30.3 Å². The number of halogens is 1. The lowest BCUT2D eigenvalue weighted by Crippen LogP contribution is -2.37. The summed E-state index contributed by atoms with van der Waals surface area (Å²) in [7, 11) is 4.97. The van der Waals surface area contributed by atoms with Gasteiger partial charge in [-0.2, -0.15) is 4.98 Å². The van der Waals surface area contributed by atoms with Crippen LogP contribution in [0.3, 0.4) is 0 Å². The third-order valence-corrected chi connectivity index (χ3v) is 4.62. The van der Waals surface area contributed by atoms with Gasteiger partial charge in [0.05, 0.1) is 14.2 Å². The molecule has 0 atom stereocenters. The summed E-state index contributed by atoms with van der Waals surface area (Å²) in [5.41, 5.74) is 1.85. The van der Waals surface area contributed by atoms with Gasteiger partial charge >= 0.3 is 0 Å². The van der Waals surface area contributed by atoms with Crippen LogP contribution < -0.4 is 20.1 Å². The Kier molecular flexibility index (Phi) is 7.51. The molecule has 2 N–H and O–H groups in total. The Labute approximate surface area is 180 Å². The molecule has 0 spiro atoms. The van der Waals surface area contributed by atoms with Gasteiger partial charge in [-0.25, -0.2) is 0 Å². The minimum Gasteiger partial charge on any atom is -0.497 e. The topological polar surface area (TPSA) is 93.8 Å². The molecule has 0 aliphatic rings. The molecule has 1 heterocycles. The fourth-order valence-electron chi connectivity index (χ4n) is 2.76. The first-order valence-corrected chi connectivity index (χ1v) is 9.74. The molecule has 0 aliphatic carbocycles. The quantitative estimate of drug-likeness (QED) is 0.419. The molecule has 0 radical (unpaired) electrons. The highest BCUT2D eigenvalue weighted by Gasteiger charge is 2.10. The van der Waals surface area contributed by atoms with E-state index in [-0.39, 0.29) is 0 Å². The van der Waals surface area contributed by atoms with Crippen LogP contribution in [0.15, 0.2) is 52.0 Å². The second-order valence-electron chi connectivity index (χ2n) is 6.30. The van der Waals surface area contributed by atoms with Crippen LogP contribution >= 0.6 is 11.6 Å². The Balaban J connectivity index is 1.50. The number of hydrogen-bond acceptors (Lipinski definition) is 6. The summed E-state index contributed by atoms with van der Waals surface area (Å²) in [6, 6.07) is 13.0. The monoisotopic (exact) mass is 429 g/mol. The van der Waals surface area contributed by atoms with E-state index in [4.69, 9.17) is 25.6 Å². The van der Waals surface area contributed by atoms with Crippen LogP contribution in [0.1, 0.15) is 11.5 Å². The zero-order chi connectivity index (χ0) is 21.3. The third-order valence-electron chi connectivity index (χ3n) is 4.37. The molecule has 158 valence electrons. The molecule has 0 bridgehead atoms. The van der Waals surface area contributed by atoms with E-state index < -0.39 is 0 Å². The van der Waals surface area contributed by atoms with Crippen molar-refractivity contribution in [1.29, 1.82) is 0 Å². The number of guanidine groups is 1. The maximum Gasteiger partial charge on any atom is 0.228 e. The van der Waals surface area contributed by atoms with Gasteiger partial charge in [0, 0.05) is 48.8 Å². The average Bonchev–Trinajstić information content (AvgIpc) is 3.25. The van der Waals surface area contributed by atoms with Gasteiger partial charge in [0.15, 0.2) is 5.96 Å². The van der Waals surface area contributed by atoms with Crippen LogP contribution in [0, 0.1) is 0 Å². The van der Waals surface area contributed by atoms with Gasteiger partial charge in [-0.3, -0.25) is 4.99 Å². The number of aromatic nitrogens is 2. The van der Waals surface area contributed by atoms with E-state index in [1.54, 1.807) is 33.4 Å².